The Kier molecular flexibility index (Phi) is 4.53. The number of amides is 1. The molecule has 0 N–H and O–H groups in total. The highest BCUT2D eigenvalue weighted by molar-refractivity contribution is 5.93. The zero-order valence-corrected chi connectivity index (χ0v) is 10.7. The average Bonchev–Trinajstić information content (AvgIpc) is 2.30. The smallest absolute Gasteiger partial charge is 0.253 e. The van der Waals surface area contributed by atoms with Crippen molar-refractivity contribution in [1.29, 1.82) is 0 Å². The Bertz CT molecular complexity index is 336. The number of nitrogens with zero attached hydrogens (tertiary/aromatic N) is 1. The van der Waals surface area contributed by atoms with Crippen LogP contribution in [0.5, 0.6) is 0 Å². The Hall–Kier alpha value is -1.31. The van der Waals surface area contributed by atoms with Crippen LogP contribution in [0.3, 0.4) is 0 Å². The lowest BCUT2D eigenvalue weighted by atomic mass is 9.93. The highest BCUT2D eigenvalue weighted by Crippen LogP contribution is 2.23. The molecule has 2 nitrogen and oxygen atoms in total. The summed E-state index contributed by atoms with van der Waals surface area (Å²) in [4.78, 5) is 13.3. The predicted molar refractivity (Wildman–Crippen MR) is 67.8 cm³/mol. The number of benzene rings is 1. The fourth-order valence-corrected chi connectivity index (χ4v) is 1.92. The standard InChI is InChI=1S/C14H21NO/c1-5-11(6-2)12-7-9-13(10-8-12)14(16)15(3)4/h7-11H,5-6H2,1-4H3. The number of carbonyl (C=O) groups excluding carboxylic acids is 1. The fraction of sp³-hybridized carbons (Fsp3) is 0.500. The molecule has 0 aliphatic heterocycles. The molecule has 0 aliphatic rings. The maximum absolute atomic E-state index is 11.7. The zero-order valence-electron chi connectivity index (χ0n) is 10.7. The van der Waals surface area contributed by atoms with E-state index < -0.39 is 0 Å². The molecule has 1 rings (SSSR count). The maximum atomic E-state index is 11.7. The molecule has 0 bridgehead atoms. The van der Waals surface area contributed by atoms with Crippen molar-refractivity contribution in [1.82, 2.24) is 4.90 Å². The molecule has 16 heavy (non-hydrogen) atoms. The SMILES string of the molecule is CCC(CC)c1ccc(C(=O)N(C)C)cc1. The van der Waals surface area contributed by atoms with Gasteiger partial charge in [-0.05, 0) is 36.5 Å². The molecule has 0 unspecified atom stereocenters. The van der Waals surface area contributed by atoms with Crippen molar-refractivity contribution in [3.63, 3.8) is 0 Å². The van der Waals surface area contributed by atoms with Crippen LogP contribution in [0, 0.1) is 0 Å². The first-order valence-electron chi connectivity index (χ1n) is 5.91. The van der Waals surface area contributed by atoms with Crippen molar-refractivity contribution in [3.05, 3.63) is 35.4 Å². The first kappa shape index (κ1) is 12.8. The van der Waals surface area contributed by atoms with Gasteiger partial charge in [0.2, 0.25) is 0 Å². The molecule has 1 aromatic carbocycles. The Balaban J connectivity index is 2.86. The van der Waals surface area contributed by atoms with Crippen LogP contribution in [-0.4, -0.2) is 24.9 Å². The van der Waals surface area contributed by atoms with Gasteiger partial charge in [0.15, 0.2) is 0 Å². The third kappa shape index (κ3) is 2.84. The lowest BCUT2D eigenvalue weighted by Gasteiger charge is -2.14. The van der Waals surface area contributed by atoms with Crippen LogP contribution in [0.15, 0.2) is 24.3 Å². The van der Waals surface area contributed by atoms with Crippen LogP contribution >= 0.6 is 0 Å². The van der Waals surface area contributed by atoms with Crippen LogP contribution in [0.1, 0.15) is 48.5 Å². The third-order valence-electron chi connectivity index (χ3n) is 3.02. The first-order valence-corrected chi connectivity index (χ1v) is 5.91. The number of hydrogen-bond acceptors (Lipinski definition) is 1. The number of carbonyl (C=O) groups is 1. The molecule has 0 atom stereocenters. The van der Waals surface area contributed by atoms with Crippen LogP contribution in [-0.2, 0) is 0 Å². The van der Waals surface area contributed by atoms with E-state index in [1.807, 2.05) is 12.1 Å². The fourth-order valence-electron chi connectivity index (χ4n) is 1.92. The molecule has 0 aliphatic carbocycles. The van der Waals surface area contributed by atoms with Gasteiger partial charge in [0, 0.05) is 19.7 Å². The minimum absolute atomic E-state index is 0.0658. The summed E-state index contributed by atoms with van der Waals surface area (Å²) in [6.07, 6.45) is 2.30. The van der Waals surface area contributed by atoms with Crippen LogP contribution in [0.4, 0.5) is 0 Å². The van der Waals surface area contributed by atoms with Crippen molar-refractivity contribution >= 4 is 5.91 Å². The second-order valence-electron chi connectivity index (χ2n) is 4.34. The quantitative estimate of drug-likeness (QED) is 0.761. The van der Waals surface area contributed by atoms with E-state index in [4.69, 9.17) is 0 Å². The van der Waals surface area contributed by atoms with Crippen molar-refractivity contribution < 1.29 is 4.79 Å². The largest absolute Gasteiger partial charge is 0.345 e. The van der Waals surface area contributed by atoms with Gasteiger partial charge < -0.3 is 4.90 Å². The van der Waals surface area contributed by atoms with E-state index in [1.165, 1.54) is 5.56 Å². The summed E-state index contributed by atoms with van der Waals surface area (Å²) < 4.78 is 0. The van der Waals surface area contributed by atoms with Crippen molar-refractivity contribution in [2.75, 3.05) is 14.1 Å². The topological polar surface area (TPSA) is 20.3 Å². The molecule has 0 spiro atoms. The van der Waals surface area contributed by atoms with Crippen LogP contribution in [0.2, 0.25) is 0 Å². The molecule has 0 saturated carbocycles. The van der Waals surface area contributed by atoms with Gasteiger partial charge in [-0.25, -0.2) is 0 Å². The van der Waals surface area contributed by atoms with E-state index in [9.17, 15) is 4.79 Å². The summed E-state index contributed by atoms with van der Waals surface area (Å²) in [5.74, 6) is 0.680. The van der Waals surface area contributed by atoms with E-state index in [0.29, 0.717) is 5.92 Å². The summed E-state index contributed by atoms with van der Waals surface area (Å²) in [5.41, 5.74) is 2.10. The van der Waals surface area contributed by atoms with E-state index in [-0.39, 0.29) is 5.91 Å². The van der Waals surface area contributed by atoms with Gasteiger partial charge in [0.25, 0.3) is 5.91 Å². The second kappa shape index (κ2) is 5.69. The van der Waals surface area contributed by atoms with Gasteiger partial charge >= 0.3 is 0 Å². The van der Waals surface area contributed by atoms with Crippen molar-refractivity contribution in [2.24, 2.45) is 0 Å². The number of rotatable bonds is 4. The summed E-state index contributed by atoms with van der Waals surface area (Å²) in [7, 11) is 3.55. The lowest BCUT2D eigenvalue weighted by Crippen LogP contribution is -2.21. The Morgan fingerprint density at radius 1 is 1.12 bits per heavy atom. The average molecular weight is 219 g/mol. The molecule has 0 heterocycles. The van der Waals surface area contributed by atoms with Gasteiger partial charge in [-0.3, -0.25) is 4.79 Å². The predicted octanol–water partition coefficient (Wildman–Crippen LogP) is 3.29. The summed E-state index contributed by atoms with van der Waals surface area (Å²) >= 11 is 0. The van der Waals surface area contributed by atoms with E-state index >= 15 is 0 Å². The molecule has 0 saturated heterocycles. The zero-order chi connectivity index (χ0) is 12.1. The van der Waals surface area contributed by atoms with Gasteiger partial charge in [0.05, 0.1) is 0 Å². The Morgan fingerprint density at radius 2 is 1.62 bits per heavy atom. The van der Waals surface area contributed by atoms with Gasteiger partial charge in [-0.1, -0.05) is 26.0 Å². The molecular weight excluding hydrogens is 198 g/mol. The second-order valence-corrected chi connectivity index (χ2v) is 4.34. The molecule has 0 fully saturated rings. The molecule has 1 amide bonds. The molecule has 1 aromatic rings. The van der Waals surface area contributed by atoms with Crippen molar-refractivity contribution in [2.45, 2.75) is 32.6 Å². The molecule has 88 valence electrons. The maximum Gasteiger partial charge on any atom is 0.253 e. The van der Waals surface area contributed by atoms with E-state index in [0.717, 1.165) is 18.4 Å². The summed E-state index contributed by atoms with van der Waals surface area (Å²) in [6, 6.07) is 8.01. The summed E-state index contributed by atoms with van der Waals surface area (Å²) in [5, 5.41) is 0. The summed E-state index contributed by atoms with van der Waals surface area (Å²) in [6.45, 7) is 4.40. The van der Waals surface area contributed by atoms with E-state index in [1.54, 1.807) is 19.0 Å². The Labute approximate surface area is 98.3 Å². The number of hydrogen-bond donors (Lipinski definition) is 0. The van der Waals surface area contributed by atoms with Crippen LogP contribution in [0.25, 0.3) is 0 Å². The molecule has 2 heteroatoms. The minimum atomic E-state index is 0.0658. The van der Waals surface area contributed by atoms with Gasteiger partial charge in [0.1, 0.15) is 0 Å². The first-order chi connectivity index (χ1) is 7.60. The van der Waals surface area contributed by atoms with Gasteiger partial charge in [-0.2, -0.15) is 0 Å². The van der Waals surface area contributed by atoms with Gasteiger partial charge in [-0.15, -0.1) is 0 Å². The molecule has 0 radical (unpaired) electrons. The van der Waals surface area contributed by atoms with Crippen LogP contribution < -0.4 is 0 Å². The van der Waals surface area contributed by atoms with Crippen molar-refractivity contribution in [3.8, 4) is 0 Å². The van der Waals surface area contributed by atoms with E-state index in [2.05, 4.69) is 26.0 Å². The molecule has 0 aromatic heterocycles. The Morgan fingerprint density at radius 3 is 2.00 bits per heavy atom. The molecular formula is C14H21NO. The third-order valence-corrected chi connectivity index (χ3v) is 3.02. The highest BCUT2D eigenvalue weighted by Gasteiger charge is 2.10. The minimum Gasteiger partial charge on any atom is -0.345 e. The monoisotopic (exact) mass is 219 g/mol. The normalized spacial score (nSPS) is 10.6. The highest BCUT2D eigenvalue weighted by atomic mass is 16.2. The lowest BCUT2D eigenvalue weighted by molar-refractivity contribution is 0.0827.